The van der Waals surface area contributed by atoms with E-state index in [-0.39, 0.29) is 0 Å². The number of hydrogen-bond donors (Lipinski definition) is 1. The van der Waals surface area contributed by atoms with Crippen LogP contribution in [0.1, 0.15) is 19.3 Å². The first-order valence-electron chi connectivity index (χ1n) is 5.11. The molecule has 4 nitrogen and oxygen atoms in total. The molecule has 0 amide bonds. The predicted octanol–water partition coefficient (Wildman–Crippen LogP) is 0.340. The molecule has 1 aliphatic heterocycles. The molecule has 0 aliphatic carbocycles. The molecule has 0 spiro atoms. The van der Waals surface area contributed by atoms with E-state index in [1.54, 1.807) is 7.11 Å². The fourth-order valence-electron chi connectivity index (χ4n) is 1.72. The highest BCUT2D eigenvalue weighted by Gasteiger charge is 2.29. The molecular formula is C10H19N3O. The summed E-state index contributed by atoms with van der Waals surface area (Å²) in [4.78, 5) is 2.35. The SMILES string of the molecule is COCCCN1CCC(N)(C#N)CC1. The van der Waals surface area contributed by atoms with E-state index in [0.29, 0.717) is 0 Å². The van der Waals surface area contributed by atoms with Crippen molar-refractivity contribution in [2.24, 2.45) is 5.73 Å². The van der Waals surface area contributed by atoms with Gasteiger partial charge in [-0.3, -0.25) is 0 Å². The van der Waals surface area contributed by atoms with Gasteiger partial charge in [-0.1, -0.05) is 0 Å². The van der Waals surface area contributed by atoms with Gasteiger partial charge in [0.2, 0.25) is 0 Å². The highest BCUT2D eigenvalue weighted by Crippen LogP contribution is 2.18. The molecule has 80 valence electrons. The molecule has 1 fully saturated rings. The quantitative estimate of drug-likeness (QED) is 0.660. The first-order valence-corrected chi connectivity index (χ1v) is 5.11. The number of ether oxygens (including phenoxy) is 1. The number of hydrogen-bond acceptors (Lipinski definition) is 4. The van der Waals surface area contributed by atoms with Gasteiger partial charge < -0.3 is 15.4 Å². The number of likely N-dealkylation sites (tertiary alicyclic amines) is 1. The molecule has 1 rings (SSSR count). The Morgan fingerprint density at radius 2 is 2.14 bits per heavy atom. The van der Waals surface area contributed by atoms with Crippen LogP contribution in [0.3, 0.4) is 0 Å². The van der Waals surface area contributed by atoms with Crippen LogP contribution in [0.25, 0.3) is 0 Å². The zero-order valence-corrected chi connectivity index (χ0v) is 8.83. The Morgan fingerprint density at radius 3 is 2.64 bits per heavy atom. The van der Waals surface area contributed by atoms with E-state index < -0.39 is 5.54 Å². The molecule has 0 saturated carbocycles. The van der Waals surface area contributed by atoms with Crippen LogP contribution < -0.4 is 5.73 Å². The van der Waals surface area contributed by atoms with Crippen molar-refractivity contribution in [3.63, 3.8) is 0 Å². The van der Waals surface area contributed by atoms with Gasteiger partial charge in [-0.05, 0) is 19.3 Å². The normalized spacial score (nSPS) is 21.8. The second kappa shape index (κ2) is 5.30. The minimum atomic E-state index is -0.572. The minimum Gasteiger partial charge on any atom is -0.385 e. The lowest BCUT2D eigenvalue weighted by atomic mass is 9.90. The molecule has 1 heterocycles. The number of nitrogens with two attached hydrogens (primary N) is 1. The van der Waals surface area contributed by atoms with E-state index in [2.05, 4.69) is 11.0 Å². The van der Waals surface area contributed by atoms with Crippen LogP contribution in [0.15, 0.2) is 0 Å². The Morgan fingerprint density at radius 1 is 1.50 bits per heavy atom. The van der Waals surface area contributed by atoms with Crippen molar-refractivity contribution in [1.29, 1.82) is 5.26 Å². The molecule has 0 unspecified atom stereocenters. The molecule has 0 bridgehead atoms. The summed E-state index contributed by atoms with van der Waals surface area (Å²) in [6, 6.07) is 2.19. The van der Waals surface area contributed by atoms with Crippen LogP contribution in [0, 0.1) is 11.3 Å². The van der Waals surface area contributed by atoms with E-state index >= 15 is 0 Å². The lowest BCUT2D eigenvalue weighted by molar-refractivity contribution is 0.148. The van der Waals surface area contributed by atoms with Crippen LogP contribution >= 0.6 is 0 Å². The molecule has 0 atom stereocenters. The van der Waals surface area contributed by atoms with Crippen molar-refractivity contribution in [3.05, 3.63) is 0 Å². The van der Waals surface area contributed by atoms with Gasteiger partial charge in [0.1, 0.15) is 5.54 Å². The van der Waals surface area contributed by atoms with Crippen molar-refractivity contribution >= 4 is 0 Å². The van der Waals surface area contributed by atoms with Gasteiger partial charge in [0.15, 0.2) is 0 Å². The average molecular weight is 197 g/mol. The summed E-state index contributed by atoms with van der Waals surface area (Å²) in [5, 5.41) is 8.84. The molecule has 4 heteroatoms. The third-order valence-corrected chi connectivity index (χ3v) is 2.79. The lowest BCUT2D eigenvalue weighted by Gasteiger charge is -2.34. The summed E-state index contributed by atoms with van der Waals surface area (Å²) in [5.74, 6) is 0. The van der Waals surface area contributed by atoms with Crippen molar-refractivity contribution in [3.8, 4) is 6.07 Å². The summed E-state index contributed by atoms with van der Waals surface area (Å²) in [5.41, 5.74) is 5.29. The molecule has 0 aromatic heterocycles. The van der Waals surface area contributed by atoms with Crippen molar-refractivity contribution in [2.45, 2.75) is 24.8 Å². The molecule has 0 aromatic carbocycles. The molecule has 1 aliphatic rings. The van der Waals surface area contributed by atoms with Gasteiger partial charge in [0, 0.05) is 33.4 Å². The van der Waals surface area contributed by atoms with Crippen molar-refractivity contribution < 1.29 is 4.74 Å². The van der Waals surface area contributed by atoms with E-state index in [9.17, 15) is 0 Å². The average Bonchev–Trinajstić information content (AvgIpc) is 2.22. The topological polar surface area (TPSA) is 62.3 Å². The fourth-order valence-corrected chi connectivity index (χ4v) is 1.72. The van der Waals surface area contributed by atoms with E-state index in [1.807, 2.05) is 0 Å². The fraction of sp³-hybridized carbons (Fsp3) is 0.900. The smallest absolute Gasteiger partial charge is 0.106 e. The number of nitriles is 1. The Bertz CT molecular complexity index is 204. The number of methoxy groups -OCH3 is 1. The Labute approximate surface area is 85.6 Å². The summed E-state index contributed by atoms with van der Waals surface area (Å²) < 4.78 is 4.99. The van der Waals surface area contributed by atoms with Crippen LogP contribution in [-0.4, -0.2) is 43.8 Å². The van der Waals surface area contributed by atoms with Crippen molar-refractivity contribution in [2.75, 3.05) is 33.4 Å². The first kappa shape index (κ1) is 11.4. The highest BCUT2D eigenvalue weighted by atomic mass is 16.5. The molecule has 0 radical (unpaired) electrons. The number of rotatable bonds is 4. The molecule has 1 saturated heterocycles. The lowest BCUT2D eigenvalue weighted by Crippen LogP contribution is -2.49. The maximum atomic E-state index is 8.84. The zero-order chi connectivity index (χ0) is 10.4. The van der Waals surface area contributed by atoms with Crippen LogP contribution in [-0.2, 0) is 4.74 Å². The van der Waals surface area contributed by atoms with Gasteiger partial charge in [-0.2, -0.15) is 5.26 Å². The third-order valence-electron chi connectivity index (χ3n) is 2.79. The first-order chi connectivity index (χ1) is 6.70. The second-order valence-electron chi connectivity index (χ2n) is 3.96. The Balaban J connectivity index is 2.20. The summed E-state index contributed by atoms with van der Waals surface area (Å²) in [6.45, 7) is 3.74. The summed E-state index contributed by atoms with van der Waals surface area (Å²) in [6.07, 6.45) is 2.63. The maximum Gasteiger partial charge on any atom is 0.106 e. The van der Waals surface area contributed by atoms with Gasteiger partial charge in [0.05, 0.1) is 6.07 Å². The van der Waals surface area contributed by atoms with Crippen LogP contribution in [0.5, 0.6) is 0 Å². The van der Waals surface area contributed by atoms with Gasteiger partial charge >= 0.3 is 0 Å². The standard InChI is InChI=1S/C10H19N3O/c1-14-8-2-5-13-6-3-10(12,9-11)4-7-13/h2-8,12H2,1H3. The largest absolute Gasteiger partial charge is 0.385 e. The number of piperidine rings is 1. The Hall–Kier alpha value is -0.630. The highest BCUT2D eigenvalue weighted by molar-refractivity contribution is 5.07. The predicted molar refractivity (Wildman–Crippen MR) is 54.7 cm³/mol. The second-order valence-corrected chi connectivity index (χ2v) is 3.96. The molecule has 2 N–H and O–H groups in total. The van der Waals surface area contributed by atoms with Gasteiger partial charge in [-0.15, -0.1) is 0 Å². The molecule has 0 aromatic rings. The van der Waals surface area contributed by atoms with E-state index in [4.69, 9.17) is 15.7 Å². The van der Waals surface area contributed by atoms with Gasteiger partial charge in [-0.25, -0.2) is 0 Å². The van der Waals surface area contributed by atoms with Crippen molar-refractivity contribution in [1.82, 2.24) is 4.90 Å². The molecular weight excluding hydrogens is 178 g/mol. The monoisotopic (exact) mass is 197 g/mol. The summed E-state index contributed by atoms with van der Waals surface area (Å²) >= 11 is 0. The van der Waals surface area contributed by atoms with Crippen LogP contribution in [0.4, 0.5) is 0 Å². The maximum absolute atomic E-state index is 8.84. The Kier molecular flexibility index (Phi) is 4.33. The minimum absolute atomic E-state index is 0.572. The number of nitrogens with zero attached hydrogens (tertiary/aromatic N) is 2. The van der Waals surface area contributed by atoms with E-state index in [0.717, 1.165) is 45.5 Å². The van der Waals surface area contributed by atoms with Crippen LogP contribution in [0.2, 0.25) is 0 Å². The third kappa shape index (κ3) is 3.26. The van der Waals surface area contributed by atoms with Gasteiger partial charge in [0.25, 0.3) is 0 Å². The summed E-state index contributed by atoms with van der Waals surface area (Å²) in [7, 11) is 1.72. The molecule has 14 heavy (non-hydrogen) atoms. The van der Waals surface area contributed by atoms with E-state index in [1.165, 1.54) is 0 Å². The zero-order valence-electron chi connectivity index (χ0n) is 8.83.